The molecule has 0 radical (unpaired) electrons. The number of anilines is 2. The van der Waals surface area contributed by atoms with Gasteiger partial charge < -0.3 is 18.9 Å². The molecule has 6 aliphatic rings. The number of nitriles is 2. The summed E-state index contributed by atoms with van der Waals surface area (Å²) in [5, 5.41) is 22.0. The minimum absolute atomic E-state index is 0.357. The zero-order chi connectivity index (χ0) is 46.1. The maximum atomic E-state index is 9.74. The lowest BCUT2D eigenvalue weighted by Crippen LogP contribution is -2.26. The van der Waals surface area contributed by atoms with E-state index < -0.39 is 0 Å². The summed E-state index contributed by atoms with van der Waals surface area (Å²) in [4.78, 5) is 4.87. The van der Waals surface area contributed by atoms with Crippen LogP contribution in [0.4, 0.5) is 11.4 Å². The van der Waals surface area contributed by atoms with Crippen LogP contribution in [0.2, 0.25) is 0 Å². The molecule has 3 aromatic carbocycles. The van der Waals surface area contributed by atoms with Crippen LogP contribution in [0, 0.1) is 41.4 Å². The lowest BCUT2D eigenvalue weighted by atomic mass is 9.81. The molecule has 2 aromatic heterocycles. The van der Waals surface area contributed by atoms with Gasteiger partial charge in [0.1, 0.15) is 0 Å². The highest BCUT2D eigenvalue weighted by Gasteiger charge is 2.28. The van der Waals surface area contributed by atoms with E-state index in [4.69, 9.17) is 0 Å². The largest absolute Gasteiger partial charge is 0.315 e. The van der Waals surface area contributed by atoms with Gasteiger partial charge in [-0.1, -0.05) is 66.8 Å². The van der Waals surface area contributed by atoms with E-state index in [1.165, 1.54) is 72.8 Å². The van der Waals surface area contributed by atoms with Gasteiger partial charge in [-0.05, 0) is 204 Å². The first-order valence-electron chi connectivity index (χ1n) is 24.5. The van der Waals surface area contributed by atoms with Gasteiger partial charge in [-0.2, -0.15) is 10.5 Å². The van der Waals surface area contributed by atoms with E-state index in [9.17, 15) is 10.5 Å². The number of allylic oxidation sites excluding steroid dienone is 20. The second-order valence-electron chi connectivity index (χ2n) is 18.7. The topological polar surface area (TPSA) is 63.9 Å². The molecule has 334 valence electrons. The predicted octanol–water partition coefficient (Wildman–Crippen LogP) is 15.6. The van der Waals surface area contributed by atoms with Crippen molar-refractivity contribution in [2.45, 2.75) is 78.1 Å². The van der Waals surface area contributed by atoms with E-state index in [0.717, 1.165) is 92.4 Å². The summed E-state index contributed by atoms with van der Waals surface area (Å²) in [6, 6.07) is 29.3. The Bertz CT molecular complexity index is 3340. The predicted molar refractivity (Wildman–Crippen MR) is 282 cm³/mol. The van der Waals surface area contributed by atoms with Crippen LogP contribution in [-0.2, 0) is 6.42 Å². The Balaban J connectivity index is 0.892. The van der Waals surface area contributed by atoms with Gasteiger partial charge in [0.2, 0.25) is 0 Å². The first kappa shape index (κ1) is 42.8. The van der Waals surface area contributed by atoms with Gasteiger partial charge in [0.15, 0.2) is 0 Å². The molecule has 6 aliphatic carbocycles. The molecule has 0 spiro atoms. The second kappa shape index (κ2) is 18.5. The molecule has 0 fully saturated rings. The molecule has 2 heterocycles. The van der Waals surface area contributed by atoms with E-state index in [0.29, 0.717) is 11.8 Å². The van der Waals surface area contributed by atoms with E-state index in [2.05, 4.69) is 203 Å². The highest BCUT2D eigenvalue weighted by Crippen LogP contribution is 2.43. The third-order valence-corrected chi connectivity index (χ3v) is 14.7. The van der Waals surface area contributed by atoms with Crippen LogP contribution in [0.25, 0.3) is 45.3 Å². The minimum Gasteiger partial charge on any atom is -0.315 e. The smallest absolute Gasteiger partial charge is 0.0947 e. The van der Waals surface area contributed by atoms with Crippen molar-refractivity contribution in [3.8, 4) is 17.8 Å². The van der Waals surface area contributed by atoms with E-state index in [1.54, 1.807) is 0 Å². The normalized spacial score (nSPS) is 19.9. The average molecular weight is 885 g/mol. The number of aryl methyl sites for hydroxylation is 2. The quantitative estimate of drug-likeness (QED) is 0.140. The van der Waals surface area contributed by atoms with Crippen molar-refractivity contribution in [3.05, 3.63) is 214 Å². The Morgan fingerprint density at radius 3 is 1.78 bits per heavy atom. The minimum atomic E-state index is 0.357. The zero-order valence-electron chi connectivity index (χ0n) is 39.1. The fourth-order valence-electron chi connectivity index (χ4n) is 11.2. The van der Waals surface area contributed by atoms with Crippen molar-refractivity contribution in [1.29, 1.82) is 10.5 Å². The Hall–Kier alpha value is -7.80. The molecule has 6 heteroatoms. The molecule has 2 atom stereocenters. The Morgan fingerprint density at radius 2 is 1.24 bits per heavy atom. The monoisotopic (exact) mass is 884 g/mol. The summed E-state index contributed by atoms with van der Waals surface area (Å²) in [7, 11) is 0. The van der Waals surface area contributed by atoms with Crippen molar-refractivity contribution in [3.63, 3.8) is 0 Å². The highest BCUT2D eigenvalue weighted by molar-refractivity contribution is 5.96. The lowest BCUT2D eigenvalue weighted by Gasteiger charge is -2.34. The van der Waals surface area contributed by atoms with Gasteiger partial charge in [0.05, 0.1) is 23.2 Å². The van der Waals surface area contributed by atoms with Gasteiger partial charge in [-0.3, -0.25) is 0 Å². The molecule has 0 saturated carbocycles. The summed E-state index contributed by atoms with van der Waals surface area (Å²) in [6.45, 7) is 4.31. The van der Waals surface area contributed by atoms with Gasteiger partial charge in [0, 0.05) is 78.9 Å². The number of nitrogens with zero attached hydrogens (tertiary/aromatic N) is 6. The summed E-state index contributed by atoms with van der Waals surface area (Å²) < 4.78 is 4.83. The Kier molecular flexibility index (Phi) is 11.6. The van der Waals surface area contributed by atoms with Crippen LogP contribution >= 0.6 is 0 Å². The van der Waals surface area contributed by atoms with Gasteiger partial charge in [-0.15, -0.1) is 0 Å². The molecular weight excluding hydrogens is 829 g/mol. The molecule has 5 aromatic rings. The van der Waals surface area contributed by atoms with E-state index >= 15 is 0 Å². The molecule has 0 amide bonds. The van der Waals surface area contributed by atoms with Crippen LogP contribution in [0.15, 0.2) is 192 Å². The number of fused-ring (bicyclic) bond motifs is 4. The summed E-state index contributed by atoms with van der Waals surface area (Å²) in [5.74, 6) is 0.716. The summed E-state index contributed by atoms with van der Waals surface area (Å²) in [5.41, 5.74) is 18.7. The molecule has 0 bridgehead atoms. The fourth-order valence-corrected chi connectivity index (χ4v) is 11.2. The third kappa shape index (κ3) is 7.80. The van der Waals surface area contributed by atoms with E-state index in [-0.39, 0.29) is 0 Å². The SMILES string of the molecule is C/C=C\c1c(C)c2cc(N(C3=CCC(C4C=CC(N(C5=CC=C(C#N)CC5)c5ccc6c(c5)c5c(n6C6=CCCC=C6)C=CCC5)=CC4)C=C3)C3=CC=C(C#N)CC3)ccc2n1-c1ccccc1. The van der Waals surface area contributed by atoms with E-state index in [1.807, 2.05) is 12.2 Å². The molecule has 2 unspecified atom stereocenters. The first-order valence-corrected chi connectivity index (χ1v) is 24.5. The van der Waals surface area contributed by atoms with Crippen LogP contribution < -0.4 is 9.80 Å². The molecule has 0 N–H and O–H groups in total. The van der Waals surface area contributed by atoms with Crippen molar-refractivity contribution in [2.75, 3.05) is 9.80 Å². The van der Waals surface area contributed by atoms with Crippen LogP contribution in [0.1, 0.15) is 87.2 Å². The molecule has 6 nitrogen and oxygen atoms in total. The maximum Gasteiger partial charge on any atom is 0.0947 e. The van der Waals surface area contributed by atoms with Crippen molar-refractivity contribution in [1.82, 2.24) is 9.13 Å². The molecule has 0 aliphatic heterocycles. The second-order valence-corrected chi connectivity index (χ2v) is 18.7. The van der Waals surface area contributed by atoms with Crippen LogP contribution in [0.3, 0.4) is 0 Å². The number of hydrogen-bond donors (Lipinski definition) is 0. The number of rotatable bonds is 10. The van der Waals surface area contributed by atoms with Crippen molar-refractivity contribution in [2.24, 2.45) is 11.8 Å². The number of para-hydroxylation sites is 1. The first-order chi connectivity index (χ1) is 33.5. The van der Waals surface area contributed by atoms with Gasteiger partial charge in [0.25, 0.3) is 0 Å². The standard InChI is InChI=1S/C62H56N6/c1-3-12-59-43(2)57-39-54(35-37-61(57)67(59)48-13-6-4-7-14-48)65(50-27-19-44(41-63)20-28-50)52-31-23-46(24-32-52)47-25-33-53(34-26-47)66(51-29-21-45(42-64)22-30-51)55-36-38-62-58(40-55)56-17-10-11-18-60(56)68(62)49-15-8-5-9-16-49/h3-4,6-8,11-16,18-19,21,23,25,27,29,31-40,46-47H,5,9-10,17,20,22,24,26,28,30H2,1-2H3/b12-3-. The highest BCUT2D eigenvalue weighted by atomic mass is 15.2. The van der Waals surface area contributed by atoms with Gasteiger partial charge >= 0.3 is 0 Å². The van der Waals surface area contributed by atoms with Gasteiger partial charge in [-0.25, -0.2) is 0 Å². The number of aromatic nitrogens is 2. The van der Waals surface area contributed by atoms with Crippen molar-refractivity contribution < 1.29 is 0 Å². The molecular formula is C62H56N6. The van der Waals surface area contributed by atoms with Crippen molar-refractivity contribution >= 4 is 51.0 Å². The Morgan fingerprint density at radius 1 is 0.618 bits per heavy atom. The molecule has 0 saturated heterocycles. The number of benzene rings is 3. The third-order valence-electron chi connectivity index (χ3n) is 14.7. The summed E-state index contributed by atoms with van der Waals surface area (Å²) >= 11 is 0. The Labute approximate surface area is 400 Å². The fraction of sp³-hybridized carbons (Fsp3) is 0.226. The average Bonchev–Trinajstić information content (AvgIpc) is 3.88. The zero-order valence-corrected chi connectivity index (χ0v) is 39.1. The number of hydrogen-bond acceptors (Lipinski definition) is 4. The lowest BCUT2D eigenvalue weighted by molar-refractivity contribution is 0.473. The van der Waals surface area contributed by atoms with Crippen LogP contribution in [0.5, 0.6) is 0 Å². The molecule has 11 rings (SSSR count). The summed E-state index contributed by atoms with van der Waals surface area (Å²) in [6.07, 6.45) is 47.8. The molecule has 68 heavy (non-hydrogen) atoms. The van der Waals surface area contributed by atoms with Crippen LogP contribution in [-0.4, -0.2) is 9.13 Å². The maximum absolute atomic E-state index is 9.74.